The number of anilines is 1. The minimum absolute atomic E-state index is 0.759. The molecule has 1 aromatic rings. The summed E-state index contributed by atoms with van der Waals surface area (Å²) in [5.41, 5.74) is 2.76. The lowest BCUT2D eigenvalue weighted by Gasteiger charge is -2.36. The van der Waals surface area contributed by atoms with Gasteiger partial charge in [-0.3, -0.25) is 4.98 Å². The minimum atomic E-state index is 0.759. The van der Waals surface area contributed by atoms with Gasteiger partial charge in [-0.25, -0.2) is 0 Å². The highest BCUT2D eigenvalue weighted by Crippen LogP contribution is 2.29. The number of rotatable bonds is 5. The first-order chi connectivity index (χ1) is 9.74. The molecule has 0 aromatic carbocycles. The molecule has 0 amide bonds. The summed E-state index contributed by atoms with van der Waals surface area (Å²) in [6.45, 7) is 8.08. The van der Waals surface area contributed by atoms with E-state index in [4.69, 9.17) is 0 Å². The normalized spacial score (nSPS) is 20.6. The van der Waals surface area contributed by atoms with E-state index in [9.17, 15) is 0 Å². The molecular weight excluding hydrogens is 246 g/mol. The molecule has 1 saturated heterocycles. The van der Waals surface area contributed by atoms with E-state index in [-0.39, 0.29) is 0 Å². The molecule has 1 aromatic heterocycles. The lowest BCUT2D eigenvalue weighted by atomic mass is 9.86. The number of nitrogens with zero attached hydrogens (tertiary/aromatic N) is 2. The predicted molar refractivity (Wildman–Crippen MR) is 83.9 cm³/mol. The van der Waals surface area contributed by atoms with Crippen LogP contribution in [0.1, 0.15) is 45.1 Å². The molecule has 2 aliphatic rings. The van der Waals surface area contributed by atoms with Crippen LogP contribution in [-0.4, -0.2) is 24.1 Å². The first kappa shape index (κ1) is 13.9. The van der Waals surface area contributed by atoms with Crippen LogP contribution in [-0.2, 0) is 6.54 Å². The molecule has 2 heterocycles. The zero-order chi connectivity index (χ0) is 13.9. The Balaban J connectivity index is 1.64. The fourth-order valence-corrected chi connectivity index (χ4v) is 3.21. The molecule has 0 spiro atoms. The van der Waals surface area contributed by atoms with Crippen molar-refractivity contribution >= 4 is 5.69 Å². The highest BCUT2D eigenvalue weighted by atomic mass is 15.1. The molecular formula is C17H27N3. The molecule has 2 fully saturated rings. The third-order valence-corrected chi connectivity index (χ3v) is 4.86. The molecule has 0 atom stereocenters. The summed E-state index contributed by atoms with van der Waals surface area (Å²) in [4.78, 5) is 6.88. The Morgan fingerprint density at radius 2 is 2.00 bits per heavy atom. The fourth-order valence-electron chi connectivity index (χ4n) is 3.21. The maximum absolute atomic E-state index is 4.32. The maximum Gasteiger partial charge on any atom is 0.0442 e. The first-order valence-corrected chi connectivity index (χ1v) is 8.15. The topological polar surface area (TPSA) is 28.2 Å². The van der Waals surface area contributed by atoms with Crippen molar-refractivity contribution in [2.75, 3.05) is 18.0 Å². The van der Waals surface area contributed by atoms with Gasteiger partial charge in [-0.05, 0) is 43.6 Å². The van der Waals surface area contributed by atoms with Gasteiger partial charge in [0.15, 0.2) is 0 Å². The SMILES string of the molecule is CC(C)C1CCN(c2ccncc2CNC2CC2)CC1. The van der Waals surface area contributed by atoms with Gasteiger partial charge in [-0.15, -0.1) is 0 Å². The van der Waals surface area contributed by atoms with E-state index in [2.05, 4.69) is 35.1 Å². The largest absolute Gasteiger partial charge is 0.371 e. The van der Waals surface area contributed by atoms with E-state index < -0.39 is 0 Å². The van der Waals surface area contributed by atoms with Crippen LogP contribution in [0.2, 0.25) is 0 Å². The number of pyridine rings is 1. The molecule has 20 heavy (non-hydrogen) atoms. The monoisotopic (exact) mass is 273 g/mol. The lowest BCUT2D eigenvalue weighted by molar-refractivity contribution is 0.311. The molecule has 1 saturated carbocycles. The van der Waals surface area contributed by atoms with Crippen molar-refractivity contribution in [2.24, 2.45) is 11.8 Å². The van der Waals surface area contributed by atoms with Crippen molar-refractivity contribution in [2.45, 2.75) is 52.1 Å². The summed E-state index contributed by atoms with van der Waals surface area (Å²) < 4.78 is 0. The third kappa shape index (κ3) is 3.32. The second kappa shape index (κ2) is 6.13. The number of hydrogen-bond acceptors (Lipinski definition) is 3. The zero-order valence-electron chi connectivity index (χ0n) is 12.8. The van der Waals surface area contributed by atoms with Gasteiger partial charge in [0.2, 0.25) is 0 Å². The Hall–Kier alpha value is -1.09. The minimum Gasteiger partial charge on any atom is -0.371 e. The molecule has 1 aliphatic heterocycles. The van der Waals surface area contributed by atoms with Gasteiger partial charge in [-0.1, -0.05) is 13.8 Å². The van der Waals surface area contributed by atoms with Gasteiger partial charge in [0, 0.05) is 49.3 Å². The summed E-state index contributed by atoms with van der Waals surface area (Å²) >= 11 is 0. The smallest absolute Gasteiger partial charge is 0.0442 e. The molecule has 0 radical (unpaired) electrons. The van der Waals surface area contributed by atoms with Crippen molar-refractivity contribution in [1.82, 2.24) is 10.3 Å². The predicted octanol–water partition coefficient (Wildman–Crippen LogP) is 3.21. The summed E-state index contributed by atoms with van der Waals surface area (Å²) in [6.07, 6.45) is 9.32. The van der Waals surface area contributed by atoms with Gasteiger partial charge in [0.25, 0.3) is 0 Å². The van der Waals surface area contributed by atoms with E-state index in [1.54, 1.807) is 0 Å². The third-order valence-electron chi connectivity index (χ3n) is 4.86. The Kier molecular flexibility index (Phi) is 4.25. The maximum atomic E-state index is 4.32. The highest BCUT2D eigenvalue weighted by Gasteiger charge is 2.24. The van der Waals surface area contributed by atoms with E-state index in [1.165, 1.54) is 50.0 Å². The van der Waals surface area contributed by atoms with Crippen LogP contribution in [0.25, 0.3) is 0 Å². The van der Waals surface area contributed by atoms with Gasteiger partial charge >= 0.3 is 0 Å². The highest BCUT2D eigenvalue weighted by molar-refractivity contribution is 5.52. The average Bonchev–Trinajstić information content (AvgIpc) is 3.30. The summed E-state index contributed by atoms with van der Waals surface area (Å²) in [7, 11) is 0. The number of piperidine rings is 1. The zero-order valence-corrected chi connectivity index (χ0v) is 12.8. The van der Waals surface area contributed by atoms with Crippen LogP contribution in [0.4, 0.5) is 5.69 Å². The summed E-state index contributed by atoms with van der Waals surface area (Å²) in [6, 6.07) is 2.95. The molecule has 0 unspecified atom stereocenters. The van der Waals surface area contributed by atoms with E-state index >= 15 is 0 Å². The number of hydrogen-bond donors (Lipinski definition) is 1. The summed E-state index contributed by atoms with van der Waals surface area (Å²) in [5.74, 6) is 1.73. The Labute approximate surface area is 122 Å². The Morgan fingerprint density at radius 1 is 1.25 bits per heavy atom. The Bertz CT molecular complexity index is 432. The van der Waals surface area contributed by atoms with Crippen LogP contribution >= 0.6 is 0 Å². The molecule has 1 aliphatic carbocycles. The first-order valence-electron chi connectivity index (χ1n) is 8.15. The molecule has 3 rings (SSSR count). The van der Waals surface area contributed by atoms with Crippen molar-refractivity contribution in [3.05, 3.63) is 24.0 Å². The van der Waals surface area contributed by atoms with E-state index in [0.717, 1.165) is 24.4 Å². The quantitative estimate of drug-likeness (QED) is 0.893. The van der Waals surface area contributed by atoms with Crippen molar-refractivity contribution in [1.29, 1.82) is 0 Å². The molecule has 1 N–H and O–H groups in total. The van der Waals surface area contributed by atoms with Crippen molar-refractivity contribution < 1.29 is 0 Å². The van der Waals surface area contributed by atoms with Crippen molar-refractivity contribution in [3.8, 4) is 0 Å². The van der Waals surface area contributed by atoms with Gasteiger partial charge < -0.3 is 10.2 Å². The van der Waals surface area contributed by atoms with Crippen LogP contribution in [0.15, 0.2) is 18.5 Å². The van der Waals surface area contributed by atoms with E-state index in [0.29, 0.717) is 0 Å². The molecule has 3 nitrogen and oxygen atoms in total. The fraction of sp³-hybridized carbons (Fsp3) is 0.706. The second-order valence-electron chi connectivity index (χ2n) is 6.73. The van der Waals surface area contributed by atoms with Crippen LogP contribution in [0.3, 0.4) is 0 Å². The Morgan fingerprint density at radius 3 is 2.65 bits per heavy atom. The molecule has 3 heteroatoms. The van der Waals surface area contributed by atoms with Crippen LogP contribution < -0.4 is 10.2 Å². The van der Waals surface area contributed by atoms with Crippen LogP contribution in [0, 0.1) is 11.8 Å². The molecule has 0 bridgehead atoms. The second-order valence-corrected chi connectivity index (χ2v) is 6.73. The lowest BCUT2D eigenvalue weighted by Crippen LogP contribution is -2.36. The van der Waals surface area contributed by atoms with Crippen molar-refractivity contribution in [3.63, 3.8) is 0 Å². The summed E-state index contributed by atoms with van der Waals surface area (Å²) in [5, 5.41) is 3.61. The van der Waals surface area contributed by atoms with Gasteiger partial charge in [0.1, 0.15) is 0 Å². The van der Waals surface area contributed by atoms with Gasteiger partial charge in [0.05, 0.1) is 0 Å². The molecule has 110 valence electrons. The average molecular weight is 273 g/mol. The number of nitrogens with one attached hydrogen (secondary N) is 1. The number of aromatic nitrogens is 1. The van der Waals surface area contributed by atoms with Gasteiger partial charge in [-0.2, -0.15) is 0 Å². The van der Waals surface area contributed by atoms with Crippen LogP contribution in [0.5, 0.6) is 0 Å². The van der Waals surface area contributed by atoms with E-state index in [1.807, 2.05) is 12.4 Å². The standard InChI is InChI=1S/C17H27N3/c1-13(2)14-6-9-20(10-7-14)17-5-8-18-11-15(17)12-19-16-3-4-16/h5,8,11,13-14,16,19H,3-4,6-7,9-10,12H2,1-2H3.